The van der Waals surface area contributed by atoms with Crippen molar-refractivity contribution in [2.24, 2.45) is 5.92 Å². The van der Waals surface area contributed by atoms with Gasteiger partial charge in [-0.2, -0.15) is 13.2 Å². The number of amides is 2. The summed E-state index contributed by atoms with van der Waals surface area (Å²) in [5, 5.41) is 15.6. The molecule has 2 amide bonds. The summed E-state index contributed by atoms with van der Waals surface area (Å²) >= 11 is 0. The molecular formula is C27H35F3N4O3. The predicted molar refractivity (Wildman–Crippen MR) is 137 cm³/mol. The largest absolute Gasteiger partial charge is 0.394 e. The van der Waals surface area contributed by atoms with Gasteiger partial charge in [0.25, 0.3) is 0 Å². The highest BCUT2D eigenvalue weighted by Gasteiger charge is 2.36. The summed E-state index contributed by atoms with van der Waals surface area (Å²) in [6.07, 6.45) is -2.98. The fraction of sp³-hybridized carbons (Fsp3) is 0.556. The van der Waals surface area contributed by atoms with Crippen molar-refractivity contribution < 1.29 is 27.8 Å². The van der Waals surface area contributed by atoms with Crippen LogP contribution in [0, 0.1) is 12.8 Å². The van der Waals surface area contributed by atoms with Crippen LogP contribution in [0.1, 0.15) is 49.8 Å². The lowest BCUT2D eigenvalue weighted by molar-refractivity contribution is -0.143. The first-order valence-electron chi connectivity index (χ1n) is 12.8. The number of carbonyl (C=O) groups excluding carboxylic acids is 1. The van der Waals surface area contributed by atoms with Crippen molar-refractivity contribution in [2.75, 3.05) is 43.5 Å². The Morgan fingerprint density at radius 1 is 1.22 bits per heavy atom. The Morgan fingerprint density at radius 3 is 2.68 bits per heavy atom. The van der Waals surface area contributed by atoms with Crippen molar-refractivity contribution in [1.29, 1.82) is 0 Å². The molecule has 2 fully saturated rings. The second-order valence-electron chi connectivity index (χ2n) is 10.2. The average Bonchev–Trinajstić information content (AvgIpc) is 3.32. The first-order chi connectivity index (χ1) is 17.6. The summed E-state index contributed by atoms with van der Waals surface area (Å²) in [6, 6.07) is 9.05. The number of ether oxygens (including phenoxy) is 1. The van der Waals surface area contributed by atoms with E-state index in [1.165, 1.54) is 4.90 Å². The molecule has 3 N–H and O–H groups in total. The molecule has 2 aliphatic rings. The molecule has 7 nitrogen and oxygen atoms in total. The van der Waals surface area contributed by atoms with Crippen LogP contribution in [0.4, 0.5) is 29.5 Å². The standard InChI is InChI=1S/C27H35F3N4O3/c1-17-3-4-22(32-26(36)34-8-5-19(15-34)14-27(28,29)30)13-23(17)21-11-24(20-6-9-37-10-7-20)33-25(12-21)31-18(2)16-35/h3-4,11-13,18-20,35H,5-10,14-16H2,1-2H3,(H,31,33)(H,32,36)/t18-,19?/m1/s1. The van der Waals surface area contributed by atoms with E-state index < -0.39 is 24.5 Å². The monoisotopic (exact) mass is 520 g/mol. The van der Waals surface area contributed by atoms with Crippen molar-refractivity contribution in [1.82, 2.24) is 9.88 Å². The van der Waals surface area contributed by atoms with Crippen LogP contribution >= 0.6 is 0 Å². The van der Waals surface area contributed by atoms with Gasteiger partial charge in [-0.05, 0) is 80.0 Å². The number of aryl methyl sites for hydroxylation is 1. The zero-order valence-corrected chi connectivity index (χ0v) is 21.3. The summed E-state index contributed by atoms with van der Waals surface area (Å²) in [6.45, 7) is 5.62. The Kier molecular flexibility index (Phi) is 8.59. The molecule has 1 aromatic heterocycles. The van der Waals surface area contributed by atoms with Gasteiger partial charge in [0.1, 0.15) is 5.82 Å². The van der Waals surface area contributed by atoms with Crippen LogP contribution in [0.3, 0.4) is 0 Å². The fourth-order valence-corrected chi connectivity index (χ4v) is 5.01. The van der Waals surface area contributed by atoms with Crippen molar-refractivity contribution in [3.05, 3.63) is 41.6 Å². The van der Waals surface area contributed by atoms with Crippen LogP contribution in [-0.4, -0.2) is 66.1 Å². The van der Waals surface area contributed by atoms with Gasteiger partial charge in [0, 0.05) is 56.1 Å². The lowest BCUT2D eigenvalue weighted by atomic mass is 9.92. The highest BCUT2D eigenvalue weighted by atomic mass is 19.4. The summed E-state index contributed by atoms with van der Waals surface area (Å²) < 4.78 is 43.8. The number of hydrogen-bond acceptors (Lipinski definition) is 5. The Hall–Kier alpha value is -2.85. The molecule has 2 atom stereocenters. The van der Waals surface area contributed by atoms with Crippen LogP contribution in [0.2, 0.25) is 0 Å². The highest BCUT2D eigenvalue weighted by Crippen LogP contribution is 2.34. The van der Waals surface area contributed by atoms with E-state index in [2.05, 4.69) is 16.7 Å². The maximum atomic E-state index is 12.8. The van der Waals surface area contributed by atoms with Gasteiger partial charge in [0.15, 0.2) is 0 Å². The molecule has 1 unspecified atom stereocenters. The lowest BCUT2D eigenvalue weighted by Gasteiger charge is -2.24. The van der Waals surface area contributed by atoms with E-state index >= 15 is 0 Å². The van der Waals surface area contributed by atoms with E-state index in [0.717, 1.165) is 35.2 Å². The zero-order valence-electron chi connectivity index (χ0n) is 21.3. The summed E-state index contributed by atoms with van der Waals surface area (Å²) in [5.41, 5.74) is 4.39. The number of likely N-dealkylation sites (tertiary alicyclic amines) is 1. The highest BCUT2D eigenvalue weighted by molar-refractivity contribution is 5.90. The van der Waals surface area contributed by atoms with Crippen molar-refractivity contribution >= 4 is 17.5 Å². The second kappa shape index (κ2) is 11.7. The molecular weight excluding hydrogens is 485 g/mol. The SMILES string of the molecule is Cc1ccc(NC(=O)N2CCC(CC(F)(F)F)C2)cc1-c1cc(N[C@H](C)CO)nc(C2CCOCC2)c1. The van der Waals surface area contributed by atoms with Gasteiger partial charge in [0.2, 0.25) is 0 Å². The van der Waals surface area contributed by atoms with Gasteiger partial charge < -0.3 is 25.4 Å². The molecule has 1 aromatic carbocycles. The van der Waals surface area contributed by atoms with Gasteiger partial charge >= 0.3 is 12.2 Å². The third-order valence-corrected chi connectivity index (χ3v) is 7.05. The van der Waals surface area contributed by atoms with Crippen LogP contribution in [0.15, 0.2) is 30.3 Å². The molecule has 10 heteroatoms. The van der Waals surface area contributed by atoms with E-state index in [1.807, 2.05) is 32.0 Å². The maximum Gasteiger partial charge on any atom is 0.389 e. The number of pyridine rings is 1. The normalized spacial score (nSPS) is 19.6. The van der Waals surface area contributed by atoms with E-state index in [-0.39, 0.29) is 25.1 Å². The third-order valence-electron chi connectivity index (χ3n) is 7.05. The number of rotatable bonds is 7. The van der Waals surface area contributed by atoms with Crippen LogP contribution in [0.5, 0.6) is 0 Å². The number of aliphatic hydroxyl groups excluding tert-OH is 1. The topological polar surface area (TPSA) is 86.7 Å². The molecule has 0 radical (unpaired) electrons. The Bertz CT molecular complexity index is 1090. The number of benzene rings is 1. The van der Waals surface area contributed by atoms with Crippen LogP contribution < -0.4 is 10.6 Å². The molecule has 2 aromatic rings. The number of aliphatic hydroxyl groups is 1. The van der Waals surface area contributed by atoms with E-state index in [1.54, 1.807) is 6.07 Å². The number of carbonyl (C=O) groups is 1. The quantitative estimate of drug-likeness (QED) is 0.446. The van der Waals surface area contributed by atoms with E-state index in [4.69, 9.17) is 9.72 Å². The fourth-order valence-electron chi connectivity index (χ4n) is 5.01. The lowest BCUT2D eigenvalue weighted by Crippen LogP contribution is -2.33. The van der Waals surface area contributed by atoms with Gasteiger partial charge in [-0.1, -0.05) is 6.07 Å². The Morgan fingerprint density at radius 2 is 1.97 bits per heavy atom. The second-order valence-corrected chi connectivity index (χ2v) is 10.2. The van der Waals surface area contributed by atoms with Gasteiger partial charge in [0.05, 0.1) is 6.61 Å². The molecule has 202 valence electrons. The average molecular weight is 521 g/mol. The zero-order chi connectivity index (χ0) is 26.6. The number of nitrogens with one attached hydrogen (secondary N) is 2. The Labute approximate surface area is 215 Å². The van der Waals surface area contributed by atoms with Crippen molar-refractivity contribution in [3.63, 3.8) is 0 Å². The number of halogens is 3. The molecule has 4 rings (SSSR count). The van der Waals surface area contributed by atoms with Gasteiger partial charge in [-0.25, -0.2) is 9.78 Å². The van der Waals surface area contributed by atoms with Gasteiger partial charge in [-0.15, -0.1) is 0 Å². The molecule has 0 spiro atoms. The van der Waals surface area contributed by atoms with Crippen molar-refractivity contribution in [3.8, 4) is 11.1 Å². The number of aromatic nitrogens is 1. The van der Waals surface area contributed by atoms with Crippen LogP contribution in [-0.2, 0) is 4.74 Å². The molecule has 0 aliphatic carbocycles. The number of urea groups is 1. The summed E-state index contributed by atoms with van der Waals surface area (Å²) in [7, 11) is 0. The number of nitrogens with zero attached hydrogens (tertiary/aromatic N) is 2. The Balaban J connectivity index is 1.55. The number of hydrogen-bond donors (Lipinski definition) is 3. The van der Waals surface area contributed by atoms with Gasteiger partial charge in [-0.3, -0.25) is 0 Å². The maximum absolute atomic E-state index is 12.8. The minimum Gasteiger partial charge on any atom is -0.394 e. The smallest absolute Gasteiger partial charge is 0.389 e. The number of anilines is 2. The first kappa shape index (κ1) is 27.2. The first-order valence-corrected chi connectivity index (χ1v) is 12.8. The minimum atomic E-state index is -4.22. The molecule has 3 heterocycles. The number of alkyl halides is 3. The molecule has 37 heavy (non-hydrogen) atoms. The predicted octanol–water partition coefficient (Wildman–Crippen LogP) is 5.55. The molecule has 2 saturated heterocycles. The molecule has 0 saturated carbocycles. The molecule has 0 bridgehead atoms. The molecule has 2 aliphatic heterocycles. The van der Waals surface area contributed by atoms with E-state index in [0.29, 0.717) is 37.7 Å². The van der Waals surface area contributed by atoms with Crippen LogP contribution in [0.25, 0.3) is 11.1 Å². The minimum absolute atomic E-state index is 0.0284. The van der Waals surface area contributed by atoms with E-state index in [9.17, 15) is 23.1 Å². The summed E-state index contributed by atoms with van der Waals surface area (Å²) in [5.74, 6) is 0.371. The van der Waals surface area contributed by atoms with Crippen molar-refractivity contribution in [2.45, 2.75) is 57.7 Å². The third kappa shape index (κ3) is 7.35. The summed E-state index contributed by atoms with van der Waals surface area (Å²) in [4.78, 5) is 19.1.